The van der Waals surface area contributed by atoms with Crippen molar-refractivity contribution in [3.63, 3.8) is 0 Å². The largest absolute Gasteiger partial charge is 0.384 e. The molecule has 2 N–H and O–H groups in total. The lowest BCUT2D eigenvalue weighted by molar-refractivity contribution is 0.0583. The predicted octanol–water partition coefficient (Wildman–Crippen LogP) is 3.11. The molecule has 1 atom stereocenters. The van der Waals surface area contributed by atoms with E-state index in [4.69, 9.17) is 5.73 Å². The fourth-order valence-corrected chi connectivity index (χ4v) is 4.37. The Morgan fingerprint density at radius 1 is 1.12 bits per heavy atom. The van der Waals surface area contributed by atoms with Crippen molar-refractivity contribution in [1.82, 2.24) is 34.7 Å². The zero-order chi connectivity index (χ0) is 22.8. The van der Waals surface area contributed by atoms with E-state index >= 15 is 0 Å². The van der Waals surface area contributed by atoms with Gasteiger partial charge in [0.2, 0.25) is 0 Å². The fourth-order valence-electron chi connectivity index (χ4n) is 4.37. The third-order valence-corrected chi connectivity index (χ3v) is 6.00. The van der Waals surface area contributed by atoms with Crippen LogP contribution in [0.2, 0.25) is 0 Å². The van der Waals surface area contributed by atoms with Crippen LogP contribution in [0.4, 0.5) is 5.82 Å². The van der Waals surface area contributed by atoms with Crippen LogP contribution in [-0.4, -0.2) is 53.2 Å². The molecule has 3 aromatic heterocycles. The first-order valence-electron chi connectivity index (χ1n) is 11.1. The summed E-state index contributed by atoms with van der Waals surface area (Å²) in [6.45, 7) is 3.32. The molecule has 0 unspecified atom stereocenters. The van der Waals surface area contributed by atoms with E-state index in [0.29, 0.717) is 30.2 Å². The van der Waals surface area contributed by atoms with Crippen LogP contribution in [-0.2, 0) is 6.54 Å². The molecule has 1 amide bonds. The SMILES string of the molecule is Cc1ccc(-n2nccn2)c(C(=O)N2CCCC[C@H]2Cn2cc(-c3cccc(N)n3)cn2)c1. The molecule has 4 heterocycles. The number of hydrogen-bond acceptors (Lipinski definition) is 6. The molecule has 0 spiro atoms. The molecule has 5 rings (SSSR count). The maximum Gasteiger partial charge on any atom is 0.256 e. The second-order valence-corrected chi connectivity index (χ2v) is 8.39. The molecule has 0 radical (unpaired) electrons. The summed E-state index contributed by atoms with van der Waals surface area (Å²) in [5.74, 6) is 0.477. The number of carbonyl (C=O) groups excluding carboxylic acids is 1. The molecule has 9 heteroatoms. The number of benzene rings is 1. The highest BCUT2D eigenvalue weighted by Crippen LogP contribution is 2.25. The lowest BCUT2D eigenvalue weighted by atomic mass is 9.99. The second kappa shape index (κ2) is 8.85. The summed E-state index contributed by atoms with van der Waals surface area (Å²) < 4.78 is 1.89. The fraction of sp³-hybridized carbons (Fsp3) is 0.292. The number of nitrogen functional groups attached to an aromatic ring is 1. The van der Waals surface area contributed by atoms with Crippen LogP contribution < -0.4 is 5.73 Å². The summed E-state index contributed by atoms with van der Waals surface area (Å²) in [5.41, 5.74) is 9.84. The van der Waals surface area contributed by atoms with Gasteiger partial charge in [0.25, 0.3) is 5.91 Å². The minimum absolute atomic E-state index is 0.000536. The van der Waals surface area contributed by atoms with Crippen molar-refractivity contribution in [1.29, 1.82) is 0 Å². The van der Waals surface area contributed by atoms with Gasteiger partial charge in [0, 0.05) is 18.3 Å². The molecule has 33 heavy (non-hydrogen) atoms. The number of piperidine rings is 1. The Bertz CT molecular complexity index is 1260. The number of carbonyl (C=O) groups is 1. The minimum Gasteiger partial charge on any atom is -0.384 e. The summed E-state index contributed by atoms with van der Waals surface area (Å²) in [6.07, 6.45) is 9.98. The van der Waals surface area contributed by atoms with Gasteiger partial charge < -0.3 is 10.6 Å². The average Bonchev–Trinajstić information content (AvgIpc) is 3.52. The topological polar surface area (TPSA) is 108 Å². The Hall–Kier alpha value is -4.01. The third-order valence-electron chi connectivity index (χ3n) is 6.00. The molecule has 0 saturated carbocycles. The molecular weight excluding hydrogens is 416 g/mol. The number of aromatic nitrogens is 6. The van der Waals surface area contributed by atoms with Crippen LogP contribution >= 0.6 is 0 Å². The van der Waals surface area contributed by atoms with Crippen LogP contribution in [0.5, 0.6) is 0 Å². The Morgan fingerprint density at radius 3 is 2.79 bits per heavy atom. The van der Waals surface area contributed by atoms with Gasteiger partial charge in [-0.15, -0.1) is 0 Å². The Balaban J connectivity index is 1.40. The van der Waals surface area contributed by atoms with Crippen LogP contribution in [0.15, 0.2) is 61.2 Å². The number of nitrogens with zero attached hydrogens (tertiary/aromatic N) is 7. The first kappa shape index (κ1) is 20.9. The number of nitrogens with two attached hydrogens (primary N) is 1. The summed E-state index contributed by atoms with van der Waals surface area (Å²) in [7, 11) is 0. The lowest BCUT2D eigenvalue weighted by Gasteiger charge is -2.36. The van der Waals surface area contributed by atoms with E-state index in [9.17, 15) is 4.79 Å². The summed E-state index contributed by atoms with van der Waals surface area (Å²) in [6, 6.07) is 11.4. The summed E-state index contributed by atoms with van der Waals surface area (Å²) in [5, 5.41) is 13.0. The lowest BCUT2D eigenvalue weighted by Crippen LogP contribution is -2.46. The average molecular weight is 443 g/mol. The smallest absolute Gasteiger partial charge is 0.256 e. The van der Waals surface area contributed by atoms with E-state index in [-0.39, 0.29) is 11.9 Å². The van der Waals surface area contributed by atoms with Gasteiger partial charge >= 0.3 is 0 Å². The Morgan fingerprint density at radius 2 is 1.97 bits per heavy atom. The zero-order valence-electron chi connectivity index (χ0n) is 18.5. The molecule has 1 aliphatic heterocycles. The maximum atomic E-state index is 13.7. The van der Waals surface area contributed by atoms with Gasteiger partial charge in [-0.25, -0.2) is 4.98 Å². The van der Waals surface area contributed by atoms with Gasteiger partial charge in [0.05, 0.1) is 48.1 Å². The highest BCUT2D eigenvalue weighted by atomic mass is 16.2. The van der Waals surface area contributed by atoms with E-state index in [0.717, 1.165) is 36.1 Å². The molecule has 4 aromatic rings. The van der Waals surface area contributed by atoms with Crippen LogP contribution in [0.3, 0.4) is 0 Å². The van der Waals surface area contributed by atoms with Crippen LogP contribution in [0.1, 0.15) is 35.2 Å². The van der Waals surface area contributed by atoms with Crippen molar-refractivity contribution in [3.05, 3.63) is 72.3 Å². The first-order valence-corrected chi connectivity index (χ1v) is 11.1. The standard InChI is InChI=1S/C24H26N8O/c1-17-8-9-22(32-26-10-11-27-32)20(13-17)24(33)31-12-3-2-5-19(31)16-30-15-18(14-28-30)21-6-4-7-23(25)29-21/h4,6-11,13-15,19H,2-3,5,12,16H2,1H3,(H2,25,29)/t19-/m0/s1. The van der Waals surface area contributed by atoms with Gasteiger partial charge in [0.15, 0.2) is 0 Å². The minimum atomic E-state index is 0.000536. The van der Waals surface area contributed by atoms with Gasteiger partial charge in [0.1, 0.15) is 5.82 Å². The number of likely N-dealkylation sites (tertiary alicyclic amines) is 1. The summed E-state index contributed by atoms with van der Waals surface area (Å²) >= 11 is 0. The van der Waals surface area contributed by atoms with Crippen molar-refractivity contribution in [2.75, 3.05) is 12.3 Å². The van der Waals surface area contributed by atoms with E-state index in [1.54, 1.807) is 24.7 Å². The Kier molecular flexibility index (Phi) is 5.60. The van der Waals surface area contributed by atoms with Crippen molar-refractivity contribution in [2.45, 2.75) is 38.8 Å². The molecule has 1 aliphatic rings. The van der Waals surface area contributed by atoms with Crippen molar-refractivity contribution in [3.8, 4) is 16.9 Å². The molecule has 9 nitrogen and oxygen atoms in total. The van der Waals surface area contributed by atoms with E-state index in [2.05, 4.69) is 20.3 Å². The molecule has 0 bridgehead atoms. The number of hydrogen-bond donors (Lipinski definition) is 1. The van der Waals surface area contributed by atoms with Gasteiger partial charge in [-0.2, -0.15) is 20.1 Å². The number of rotatable bonds is 5. The van der Waals surface area contributed by atoms with E-state index < -0.39 is 0 Å². The monoisotopic (exact) mass is 442 g/mol. The highest BCUT2D eigenvalue weighted by molar-refractivity contribution is 5.98. The van der Waals surface area contributed by atoms with Crippen LogP contribution in [0.25, 0.3) is 16.9 Å². The molecule has 1 saturated heterocycles. The first-order chi connectivity index (χ1) is 16.1. The van der Waals surface area contributed by atoms with Gasteiger partial charge in [-0.3, -0.25) is 9.48 Å². The quantitative estimate of drug-likeness (QED) is 0.509. The normalized spacial score (nSPS) is 16.2. The number of pyridine rings is 1. The molecular formula is C24H26N8O. The Labute approximate surface area is 191 Å². The molecule has 0 aliphatic carbocycles. The highest BCUT2D eigenvalue weighted by Gasteiger charge is 2.30. The van der Waals surface area contributed by atoms with E-state index in [1.165, 1.54) is 4.80 Å². The molecule has 1 aromatic carbocycles. The van der Waals surface area contributed by atoms with Crippen LogP contribution in [0, 0.1) is 6.92 Å². The van der Waals surface area contributed by atoms with Crippen molar-refractivity contribution >= 4 is 11.7 Å². The molecule has 1 fully saturated rings. The van der Waals surface area contributed by atoms with Gasteiger partial charge in [-0.05, 0) is 50.5 Å². The van der Waals surface area contributed by atoms with Crippen molar-refractivity contribution in [2.24, 2.45) is 0 Å². The van der Waals surface area contributed by atoms with Gasteiger partial charge in [-0.1, -0.05) is 17.7 Å². The second-order valence-electron chi connectivity index (χ2n) is 8.39. The molecule has 168 valence electrons. The number of anilines is 1. The summed E-state index contributed by atoms with van der Waals surface area (Å²) in [4.78, 5) is 21.6. The number of amides is 1. The van der Waals surface area contributed by atoms with E-state index in [1.807, 2.05) is 53.0 Å². The zero-order valence-corrected chi connectivity index (χ0v) is 18.5. The number of aryl methyl sites for hydroxylation is 1. The predicted molar refractivity (Wildman–Crippen MR) is 125 cm³/mol. The van der Waals surface area contributed by atoms with Crippen molar-refractivity contribution < 1.29 is 4.79 Å². The third kappa shape index (κ3) is 4.34. The maximum absolute atomic E-state index is 13.7.